The predicted octanol–water partition coefficient (Wildman–Crippen LogP) is 3.70. The Bertz CT molecular complexity index is 553. The first-order valence-electron chi connectivity index (χ1n) is 4.32. The summed E-state index contributed by atoms with van der Waals surface area (Å²) in [7, 11) is 0. The number of nitrogens with zero attached hydrogens (tertiary/aromatic N) is 3. The molecule has 17 heavy (non-hydrogen) atoms. The third-order valence-electron chi connectivity index (χ3n) is 2.04. The number of benzene rings is 1. The molecule has 1 heterocycles. The molecule has 0 bridgehead atoms. The van der Waals surface area contributed by atoms with Gasteiger partial charge in [-0.25, -0.2) is 0 Å². The highest BCUT2D eigenvalue weighted by Crippen LogP contribution is 2.33. The van der Waals surface area contributed by atoms with Crippen LogP contribution in [0.25, 0.3) is 5.69 Å². The Morgan fingerprint density at radius 3 is 2.53 bits per heavy atom. The molecule has 0 unspecified atom stereocenters. The van der Waals surface area contributed by atoms with E-state index >= 15 is 0 Å². The second kappa shape index (κ2) is 4.30. The fourth-order valence-corrected chi connectivity index (χ4v) is 1.87. The first-order valence-corrected chi connectivity index (χ1v) is 5.49. The van der Waals surface area contributed by atoms with Gasteiger partial charge in [-0.15, -0.1) is 10.2 Å². The zero-order valence-electron chi connectivity index (χ0n) is 8.04. The molecule has 90 valence electrons. The van der Waals surface area contributed by atoms with Gasteiger partial charge in [-0.1, -0.05) is 0 Å². The zero-order valence-corrected chi connectivity index (χ0v) is 10.4. The van der Waals surface area contributed by atoms with Gasteiger partial charge in [-0.2, -0.15) is 13.2 Å². The minimum absolute atomic E-state index is 0.00924. The van der Waals surface area contributed by atoms with E-state index in [1.807, 2.05) is 0 Å². The van der Waals surface area contributed by atoms with Crippen LogP contribution in [-0.2, 0) is 6.18 Å². The monoisotopic (exact) mass is 325 g/mol. The fraction of sp³-hybridized carbons (Fsp3) is 0.111. The standard InChI is InChI=1S/C9H4BrClF3N3/c10-6-2-1-5(9(12,13)14)3-7(6)17-4-15-16-8(17)11/h1-4H. The van der Waals surface area contributed by atoms with Crippen molar-refractivity contribution in [3.8, 4) is 5.69 Å². The molecule has 0 N–H and O–H groups in total. The van der Waals surface area contributed by atoms with Crippen molar-refractivity contribution in [1.29, 1.82) is 0 Å². The first kappa shape index (κ1) is 12.4. The molecule has 0 amide bonds. The normalized spacial score (nSPS) is 11.8. The topological polar surface area (TPSA) is 30.7 Å². The molecule has 1 aromatic heterocycles. The SMILES string of the molecule is FC(F)(F)c1ccc(Br)c(-n2cnnc2Cl)c1. The lowest BCUT2D eigenvalue weighted by molar-refractivity contribution is -0.137. The van der Waals surface area contributed by atoms with Gasteiger partial charge in [-0.3, -0.25) is 4.57 Å². The van der Waals surface area contributed by atoms with E-state index in [9.17, 15) is 13.2 Å². The van der Waals surface area contributed by atoms with Crippen LogP contribution in [0.3, 0.4) is 0 Å². The Kier molecular flexibility index (Phi) is 3.13. The van der Waals surface area contributed by atoms with Gasteiger partial charge >= 0.3 is 6.18 Å². The summed E-state index contributed by atoms with van der Waals surface area (Å²) < 4.78 is 39.4. The maximum atomic E-state index is 12.6. The summed E-state index contributed by atoms with van der Waals surface area (Å²) in [6.07, 6.45) is -3.17. The lowest BCUT2D eigenvalue weighted by Crippen LogP contribution is -2.06. The van der Waals surface area contributed by atoms with E-state index in [-0.39, 0.29) is 11.0 Å². The quantitative estimate of drug-likeness (QED) is 0.800. The number of hydrogen-bond acceptors (Lipinski definition) is 2. The lowest BCUT2D eigenvalue weighted by atomic mass is 10.2. The van der Waals surface area contributed by atoms with Crippen LogP contribution in [0.4, 0.5) is 13.2 Å². The van der Waals surface area contributed by atoms with Crippen molar-refractivity contribution >= 4 is 27.5 Å². The average molecular weight is 327 g/mol. The highest BCUT2D eigenvalue weighted by Gasteiger charge is 2.31. The number of alkyl halides is 3. The molecule has 0 aliphatic carbocycles. The van der Waals surface area contributed by atoms with Crippen LogP contribution in [0.15, 0.2) is 29.0 Å². The van der Waals surface area contributed by atoms with Gasteiger partial charge in [0.15, 0.2) is 0 Å². The molecule has 8 heteroatoms. The molecule has 2 rings (SSSR count). The van der Waals surface area contributed by atoms with Crippen LogP contribution in [0.5, 0.6) is 0 Å². The summed E-state index contributed by atoms with van der Waals surface area (Å²) in [6.45, 7) is 0. The van der Waals surface area contributed by atoms with Crippen molar-refractivity contribution in [2.45, 2.75) is 6.18 Å². The molecular weight excluding hydrogens is 322 g/mol. The van der Waals surface area contributed by atoms with E-state index < -0.39 is 11.7 Å². The number of aromatic nitrogens is 3. The molecular formula is C9H4BrClF3N3. The van der Waals surface area contributed by atoms with Gasteiger partial charge in [0, 0.05) is 4.47 Å². The molecule has 0 saturated heterocycles. The van der Waals surface area contributed by atoms with Crippen molar-refractivity contribution in [1.82, 2.24) is 14.8 Å². The van der Waals surface area contributed by atoms with Crippen molar-refractivity contribution in [2.24, 2.45) is 0 Å². The molecule has 0 spiro atoms. The lowest BCUT2D eigenvalue weighted by Gasteiger charge is -2.11. The predicted molar refractivity (Wildman–Crippen MR) is 59.1 cm³/mol. The molecule has 1 aromatic carbocycles. The maximum Gasteiger partial charge on any atom is 0.416 e. The molecule has 3 nitrogen and oxygen atoms in total. The van der Waals surface area contributed by atoms with E-state index in [1.54, 1.807) is 0 Å². The second-order valence-corrected chi connectivity index (χ2v) is 4.33. The maximum absolute atomic E-state index is 12.6. The van der Waals surface area contributed by atoms with Gasteiger partial charge in [0.1, 0.15) is 6.33 Å². The molecule has 0 aliphatic heterocycles. The fourth-order valence-electron chi connectivity index (χ4n) is 1.26. The van der Waals surface area contributed by atoms with Crippen molar-refractivity contribution in [2.75, 3.05) is 0 Å². The van der Waals surface area contributed by atoms with Crippen LogP contribution < -0.4 is 0 Å². The van der Waals surface area contributed by atoms with Crippen LogP contribution in [0, 0.1) is 0 Å². The summed E-state index contributed by atoms with van der Waals surface area (Å²) >= 11 is 8.85. The van der Waals surface area contributed by atoms with Crippen LogP contribution in [-0.4, -0.2) is 14.8 Å². The Labute approximate surface area is 107 Å². The van der Waals surface area contributed by atoms with Crippen molar-refractivity contribution in [3.63, 3.8) is 0 Å². The smallest absolute Gasteiger partial charge is 0.271 e. The Balaban J connectivity index is 2.58. The number of halogens is 5. The first-order chi connectivity index (χ1) is 7.89. The molecule has 2 aromatic rings. The highest BCUT2D eigenvalue weighted by atomic mass is 79.9. The number of rotatable bonds is 1. The van der Waals surface area contributed by atoms with Crippen LogP contribution in [0.1, 0.15) is 5.56 Å². The van der Waals surface area contributed by atoms with Gasteiger partial charge < -0.3 is 0 Å². The highest BCUT2D eigenvalue weighted by molar-refractivity contribution is 9.10. The van der Waals surface area contributed by atoms with Gasteiger partial charge in [0.05, 0.1) is 11.3 Å². The summed E-state index contributed by atoms with van der Waals surface area (Å²) in [6, 6.07) is 3.25. The van der Waals surface area contributed by atoms with E-state index in [0.717, 1.165) is 12.1 Å². The van der Waals surface area contributed by atoms with Crippen LogP contribution >= 0.6 is 27.5 Å². The largest absolute Gasteiger partial charge is 0.416 e. The second-order valence-electron chi connectivity index (χ2n) is 3.13. The molecule has 0 radical (unpaired) electrons. The molecule has 0 atom stereocenters. The molecule has 0 aliphatic rings. The minimum atomic E-state index is -4.41. The molecule has 0 fully saturated rings. The third-order valence-corrected chi connectivity index (χ3v) is 2.97. The summed E-state index contributed by atoms with van der Waals surface area (Å²) in [5.74, 6) is 0. The Morgan fingerprint density at radius 1 is 1.29 bits per heavy atom. The average Bonchev–Trinajstić information content (AvgIpc) is 2.63. The van der Waals surface area contributed by atoms with Gasteiger partial charge in [0.25, 0.3) is 0 Å². The van der Waals surface area contributed by atoms with E-state index in [0.29, 0.717) is 4.47 Å². The van der Waals surface area contributed by atoms with Crippen LogP contribution in [0.2, 0.25) is 5.28 Å². The van der Waals surface area contributed by atoms with E-state index in [2.05, 4.69) is 26.1 Å². The minimum Gasteiger partial charge on any atom is -0.271 e. The van der Waals surface area contributed by atoms with E-state index in [1.165, 1.54) is 17.0 Å². The summed E-state index contributed by atoms with van der Waals surface area (Å²) in [5.41, 5.74) is -0.532. The molecule has 0 saturated carbocycles. The zero-order chi connectivity index (χ0) is 12.6. The Hall–Kier alpha value is -1.08. The van der Waals surface area contributed by atoms with E-state index in [4.69, 9.17) is 11.6 Å². The van der Waals surface area contributed by atoms with Crippen molar-refractivity contribution in [3.05, 3.63) is 39.8 Å². The third kappa shape index (κ3) is 2.44. The summed E-state index contributed by atoms with van der Waals surface area (Å²) in [4.78, 5) is 0. The van der Waals surface area contributed by atoms with Gasteiger partial charge in [-0.05, 0) is 45.7 Å². The van der Waals surface area contributed by atoms with Crippen molar-refractivity contribution < 1.29 is 13.2 Å². The Morgan fingerprint density at radius 2 is 2.00 bits per heavy atom. The number of hydrogen-bond donors (Lipinski definition) is 0. The van der Waals surface area contributed by atoms with Gasteiger partial charge in [0.2, 0.25) is 5.28 Å². The summed E-state index contributed by atoms with van der Waals surface area (Å²) in [5, 5.41) is 7.00.